The third-order valence-electron chi connectivity index (χ3n) is 5.11. The molecule has 8 nitrogen and oxygen atoms in total. The van der Waals surface area contributed by atoms with Gasteiger partial charge in [0.25, 0.3) is 0 Å². The van der Waals surface area contributed by atoms with Crippen LogP contribution in [0.1, 0.15) is 25.0 Å². The first-order valence-electron chi connectivity index (χ1n) is 10.9. The van der Waals surface area contributed by atoms with Gasteiger partial charge in [0, 0.05) is 11.8 Å². The standard InChI is InChI=1S/C24H29N3O5S/c1-3-33-24-21(26-27-25)23(30-15-19-12-8-5-9-13-19)22(31-17(2)28)20(32-24)16-29-14-18-10-6-4-7-11-18/h4-13,20-24H,3,14-16H2,1-2H3/t20-,21-,22-,23-,24+/m1/s1. The molecule has 2 aromatic carbocycles. The lowest BCUT2D eigenvalue weighted by Gasteiger charge is -2.44. The van der Waals surface area contributed by atoms with E-state index in [4.69, 9.17) is 18.9 Å². The molecule has 33 heavy (non-hydrogen) atoms. The number of hydrogen-bond acceptors (Lipinski definition) is 7. The Morgan fingerprint density at radius 1 is 1.06 bits per heavy atom. The van der Waals surface area contributed by atoms with Crippen molar-refractivity contribution in [2.24, 2.45) is 5.11 Å². The van der Waals surface area contributed by atoms with Gasteiger partial charge in [-0.2, -0.15) is 0 Å². The number of hydrogen-bond donors (Lipinski definition) is 0. The topological polar surface area (TPSA) is 103 Å². The molecule has 0 aromatic heterocycles. The van der Waals surface area contributed by atoms with Gasteiger partial charge >= 0.3 is 5.97 Å². The largest absolute Gasteiger partial charge is 0.457 e. The zero-order valence-corrected chi connectivity index (χ0v) is 19.6. The highest BCUT2D eigenvalue weighted by molar-refractivity contribution is 7.99. The quantitative estimate of drug-likeness (QED) is 0.200. The Hall–Kier alpha value is -2.55. The lowest BCUT2D eigenvalue weighted by molar-refractivity contribution is -0.209. The smallest absolute Gasteiger partial charge is 0.303 e. The minimum absolute atomic E-state index is 0.196. The summed E-state index contributed by atoms with van der Waals surface area (Å²) < 4.78 is 24.0. The molecule has 1 heterocycles. The van der Waals surface area contributed by atoms with Crippen LogP contribution >= 0.6 is 11.8 Å². The Kier molecular flexibility index (Phi) is 10.1. The molecule has 0 N–H and O–H groups in total. The van der Waals surface area contributed by atoms with Gasteiger partial charge in [-0.1, -0.05) is 72.7 Å². The van der Waals surface area contributed by atoms with Crippen molar-refractivity contribution in [3.8, 4) is 0 Å². The van der Waals surface area contributed by atoms with Crippen LogP contribution in [0.2, 0.25) is 0 Å². The molecule has 176 valence electrons. The summed E-state index contributed by atoms with van der Waals surface area (Å²) in [5, 5.41) is 3.97. The average molecular weight is 472 g/mol. The predicted molar refractivity (Wildman–Crippen MR) is 126 cm³/mol. The van der Waals surface area contributed by atoms with Gasteiger partial charge in [-0.05, 0) is 22.4 Å². The molecular weight excluding hydrogens is 442 g/mol. The van der Waals surface area contributed by atoms with E-state index in [0.717, 1.165) is 16.9 Å². The molecule has 1 fully saturated rings. The molecule has 5 atom stereocenters. The van der Waals surface area contributed by atoms with Crippen LogP contribution < -0.4 is 0 Å². The van der Waals surface area contributed by atoms with Crippen molar-refractivity contribution in [3.05, 3.63) is 82.2 Å². The Bertz CT molecular complexity index is 911. The van der Waals surface area contributed by atoms with E-state index in [-0.39, 0.29) is 13.2 Å². The van der Waals surface area contributed by atoms with Crippen LogP contribution in [-0.4, -0.2) is 48.1 Å². The first-order chi connectivity index (χ1) is 16.1. The van der Waals surface area contributed by atoms with Gasteiger partial charge in [-0.25, -0.2) is 0 Å². The summed E-state index contributed by atoms with van der Waals surface area (Å²) in [5.74, 6) is 0.287. The Labute approximate surface area is 198 Å². The van der Waals surface area contributed by atoms with Crippen LogP contribution in [0.15, 0.2) is 65.8 Å². The van der Waals surface area contributed by atoms with Crippen LogP contribution in [-0.2, 0) is 37.0 Å². The lowest BCUT2D eigenvalue weighted by Crippen LogP contribution is -2.59. The van der Waals surface area contributed by atoms with E-state index in [1.54, 1.807) is 0 Å². The van der Waals surface area contributed by atoms with Crippen LogP contribution in [0.5, 0.6) is 0 Å². The zero-order chi connectivity index (χ0) is 23.5. The summed E-state index contributed by atoms with van der Waals surface area (Å²) >= 11 is 1.52. The van der Waals surface area contributed by atoms with E-state index < -0.39 is 35.8 Å². The van der Waals surface area contributed by atoms with E-state index in [2.05, 4.69) is 10.0 Å². The first-order valence-corrected chi connectivity index (χ1v) is 11.9. The van der Waals surface area contributed by atoms with E-state index in [0.29, 0.717) is 6.61 Å². The fraction of sp³-hybridized carbons (Fsp3) is 0.458. The molecular formula is C24H29N3O5S. The van der Waals surface area contributed by atoms with Crippen molar-refractivity contribution >= 4 is 17.7 Å². The summed E-state index contributed by atoms with van der Waals surface area (Å²) in [5.41, 5.74) is 10.7. The maximum Gasteiger partial charge on any atom is 0.303 e. The third-order valence-corrected chi connectivity index (χ3v) is 6.16. The molecule has 0 aliphatic carbocycles. The molecule has 0 amide bonds. The van der Waals surface area contributed by atoms with Gasteiger partial charge in [0.1, 0.15) is 23.7 Å². The fourth-order valence-electron chi connectivity index (χ4n) is 3.67. The van der Waals surface area contributed by atoms with Crippen molar-refractivity contribution in [1.82, 2.24) is 0 Å². The molecule has 0 bridgehead atoms. The number of carbonyl (C=O) groups excluding carboxylic acids is 1. The molecule has 1 aliphatic rings. The molecule has 9 heteroatoms. The van der Waals surface area contributed by atoms with Gasteiger partial charge in [0.05, 0.1) is 19.8 Å². The predicted octanol–water partition coefficient (Wildman–Crippen LogP) is 4.88. The Balaban J connectivity index is 1.81. The summed E-state index contributed by atoms with van der Waals surface area (Å²) in [7, 11) is 0. The number of nitrogens with zero attached hydrogens (tertiary/aromatic N) is 3. The summed E-state index contributed by atoms with van der Waals surface area (Å²) in [6.07, 6.45) is -2.05. The Morgan fingerprint density at radius 2 is 1.70 bits per heavy atom. The van der Waals surface area contributed by atoms with Crippen LogP contribution in [0.25, 0.3) is 10.4 Å². The average Bonchev–Trinajstić information content (AvgIpc) is 2.82. The third kappa shape index (κ3) is 7.48. The highest BCUT2D eigenvalue weighted by Gasteiger charge is 2.48. The van der Waals surface area contributed by atoms with Crippen molar-refractivity contribution in [1.29, 1.82) is 0 Å². The number of ether oxygens (including phenoxy) is 4. The number of thioether (sulfide) groups is 1. The van der Waals surface area contributed by atoms with Crippen molar-refractivity contribution in [3.63, 3.8) is 0 Å². The molecule has 0 spiro atoms. The minimum atomic E-state index is -0.786. The highest BCUT2D eigenvalue weighted by atomic mass is 32.2. The maximum atomic E-state index is 12.0. The number of carbonyl (C=O) groups is 1. The van der Waals surface area contributed by atoms with Gasteiger partial charge in [-0.15, -0.1) is 11.8 Å². The fourth-order valence-corrected chi connectivity index (χ4v) is 4.63. The monoisotopic (exact) mass is 471 g/mol. The molecule has 0 unspecified atom stereocenters. The molecule has 0 radical (unpaired) electrons. The number of rotatable bonds is 11. The van der Waals surface area contributed by atoms with Gasteiger partial charge in [0.2, 0.25) is 0 Å². The molecule has 1 saturated heterocycles. The first kappa shape index (κ1) is 25.1. The second kappa shape index (κ2) is 13.2. The van der Waals surface area contributed by atoms with E-state index in [1.807, 2.05) is 67.6 Å². The SMILES string of the molecule is CCS[C@@H]1O[C@H](COCc2ccccc2)[C@@H](OC(C)=O)[C@H](OCc2ccccc2)[C@H]1N=[N+]=[N-]. The molecule has 0 saturated carbocycles. The summed E-state index contributed by atoms with van der Waals surface area (Å²) in [4.78, 5) is 15.0. The zero-order valence-electron chi connectivity index (χ0n) is 18.8. The number of esters is 1. The van der Waals surface area contributed by atoms with Gasteiger partial charge in [-0.3, -0.25) is 4.79 Å². The second-order valence-electron chi connectivity index (χ2n) is 7.53. The molecule has 3 rings (SSSR count). The van der Waals surface area contributed by atoms with Crippen LogP contribution in [0, 0.1) is 0 Å². The van der Waals surface area contributed by atoms with E-state index in [9.17, 15) is 10.3 Å². The van der Waals surface area contributed by atoms with Crippen molar-refractivity contribution < 1.29 is 23.7 Å². The summed E-state index contributed by atoms with van der Waals surface area (Å²) in [6.45, 7) is 4.21. The molecule has 1 aliphatic heterocycles. The van der Waals surface area contributed by atoms with Gasteiger partial charge < -0.3 is 18.9 Å². The van der Waals surface area contributed by atoms with Crippen molar-refractivity contribution in [2.45, 2.75) is 56.9 Å². The molecule has 2 aromatic rings. The van der Waals surface area contributed by atoms with Crippen molar-refractivity contribution in [2.75, 3.05) is 12.4 Å². The lowest BCUT2D eigenvalue weighted by atomic mass is 9.98. The second-order valence-corrected chi connectivity index (χ2v) is 8.91. The summed E-state index contributed by atoms with van der Waals surface area (Å²) in [6, 6.07) is 18.8. The Morgan fingerprint density at radius 3 is 2.27 bits per heavy atom. The van der Waals surface area contributed by atoms with E-state index in [1.165, 1.54) is 18.7 Å². The number of azide groups is 1. The van der Waals surface area contributed by atoms with Crippen LogP contribution in [0.4, 0.5) is 0 Å². The van der Waals surface area contributed by atoms with Crippen LogP contribution in [0.3, 0.4) is 0 Å². The highest BCUT2D eigenvalue weighted by Crippen LogP contribution is 2.34. The normalized spacial score (nSPS) is 24.6. The van der Waals surface area contributed by atoms with Gasteiger partial charge in [0.15, 0.2) is 6.10 Å². The van der Waals surface area contributed by atoms with E-state index >= 15 is 0 Å². The maximum absolute atomic E-state index is 12.0. The number of benzene rings is 2. The minimum Gasteiger partial charge on any atom is -0.457 e.